The van der Waals surface area contributed by atoms with E-state index in [9.17, 15) is 0 Å². The van der Waals surface area contributed by atoms with E-state index in [4.69, 9.17) is 4.74 Å². The third kappa shape index (κ3) is 2.08. The van der Waals surface area contributed by atoms with Gasteiger partial charge in [-0.1, -0.05) is 13.8 Å². The summed E-state index contributed by atoms with van der Waals surface area (Å²) in [5, 5.41) is 3.16. The Morgan fingerprint density at radius 1 is 1.58 bits per heavy atom. The Kier molecular flexibility index (Phi) is 2.87. The molecule has 68 valence electrons. The molecule has 0 aromatic rings. The van der Waals surface area contributed by atoms with Gasteiger partial charge >= 0.3 is 0 Å². The number of aliphatic imine (C=N–C) groups is 1. The fourth-order valence-corrected chi connectivity index (χ4v) is 1.34. The minimum absolute atomic E-state index is 0.386. The first kappa shape index (κ1) is 9.26. The van der Waals surface area contributed by atoms with Crippen LogP contribution in [-0.4, -0.2) is 19.0 Å². The molecule has 1 aliphatic rings. The van der Waals surface area contributed by atoms with Crippen molar-refractivity contribution in [3.8, 4) is 0 Å². The third-order valence-electron chi connectivity index (χ3n) is 1.85. The Labute approximate surface area is 73.5 Å². The predicted molar refractivity (Wildman–Crippen MR) is 50.0 cm³/mol. The van der Waals surface area contributed by atoms with Crippen LogP contribution in [0, 0.1) is 5.92 Å². The summed E-state index contributed by atoms with van der Waals surface area (Å²) in [6, 6.07) is 0. The van der Waals surface area contributed by atoms with Gasteiger partial charge in [-0.05, 0) is 5.92 Å². The molecule has 12 heavy (non-hydrogen) atoms. The zero-order chi connectivity index (χ0) is 9.03. The van der Waals surface area contributed by atoms with Crippen molar-refractivity contribution in [2.45, 2.75) is 26.0 Å². The smallest absolute Gasteiger partial charge is 0.174 e. The van der Waals surface area contributed by atoms with Gasteiger partial charge in [0, 0.05) is 25.9 Å². The van der Waals surface area contributed by atoms with E-state index in [-0.39, 0.29) is 5.72 Å². The summed E-state index contributed by atoms with van der Waals surface area (Å²) in [6.07, 6.45) is 6.27. The Morgan fingerprint density at radius 3 is 2.75 bits per heavy atom. The second-order valence-electron chi connectivity index (χ2n) is 3.43. The molecule has 0 aromatic heterocycles. The van der Waals surface area contributed by atoms with Crippen molar-refractivity contribution < 1.29 is 4.74 Å². The zero-order valence-corrected chi connectivity index (χ0v) is 7.87. The number of hydrogen-bond acceptors (Lipinski definition) is 3. The van der Waals surface area contributed by atoms with Crippen molar-refractivity contribution in [2.75, 3.05) is 7.11 Å². The molecular weight excluding hydrogens is 152 g/mol. The van der Waals surface area contributed by atoms with Crippen LogP contribution in [0.25, 0.3) is 0 Å². The molecule has 1 atom stereocenters. The van der Waals surface area contributed by atoms with Crippen LogP contribution in [0.5, 0.6) is 0 Å². The van der Waals surface area contributed by atoms with Crippen molar-refractivity contribution in [2.24, 2.45) is 10.9 Å². The molecule has 3 heteroatoms. The van der Waals surface area contributed by atoms with E-state index < -0.39 is 0 Å². The molecule has 0 fully saturated rings. The molecule has 0 aromatic carbocycles. The molecule has 0 saturated heterocycles. The summed E-state index contributed by atoms with van der Waals surface area (Å²) < 4.78 is 5.38. The first-order valence-corrected chi connectivity index (χ1v) is 4.21. The largest absolute Gasteiger partial charge is 0.358 e. The van der Waals surface area contributed by atoms with E-state index in [0.717, 1.165) is 6.42 Å². The summed E-state index contributed by atoms with van der Waals surface area (Å²) in [4.78, 5) is 4.06. The van der Waals surface area contributed by atoms with Crippen molar-refractivity contribution in [1.82, 2.24) is 5.32 Å². The minimum atomic E-state index is -0.386. The average Bonchev–Trinajstić information content (AvgIpc) is 2.05. The van der Waals surface area contributed by atoms with Crippen LogP contribution in [0.1, 0.15) is 20.3 Å². The number of nitrogens with zero attached hydrogens (tertiary/aromatic N) is 1. The summed E-state index contributed by atoms with van der Waals surface area (Å²) in [6.45, 7) is 4.32. The zero-order valence-electron chi connectivity index (χ0n) is 7.87. The maximum absolute atomic E-state index is 5.38. The molecule has 0 saturated carbocycles. The van der Waals surface area contributed by atoms with Gasteiger partial charge in [0.2, 0.25) is 0 Å². The van der Waals surface area contributed by atoms with E-state index in [1.165, 1.54) is 0 Å². The Morgan fingerprint density at radius 2 is 2.33 bits per heavy atom. The van der Waals surface area contributed by atoms with Gasteiger partial charge in [-0.25, -0.2) is 0 Å². The van der Waals surface area contributed by atoms with Gasteiger partial charge in [-0.2, -0.15) is 0 Å². The van der Waals surface area contributed by atoms with Crippen molar-refractivity contribution in [3.05, 3.63) is 12.4 Å². The van der Waals surface area contributed by atoms with E-state index in [1.54, 1.807) is 13.3 Å². The lowest BCUT2D eigenvalue weighted by Crippen LogP contribution is -2.48. The van der Waals surface area contributed by atoms with Gasteiger partial charge in [0.25, 0.3) is 0 Å². The maximum atomic E-state index is 5.38. The van der Waals surface area contributed by atoms with Crippen LogP contribution >= 0.6 is 0 Å². The number of hydrogen-bond donors (Lipinski definition) is 1. The SMILES string of the molecule is COC1(CC(C)C)C=NC=CN1. The van der Waals surface area contributed by atoms with E-state index in [0.29, 0.717) is 5.92 Å². The number of rotatable bonds is 3. The second-order valence-corrected chi connectivity index (χ2v) is 3.43. The number of methoxy groups -OCH3 is 1. The Balaban J connectivity index is 2.63. The highest BCUT2D eigenvalue weighted by Gasteiger charge is 2.28. The molecule has 0 radical (unpaired) electrons. The predicted octanol–water partition coefficient (Wildman–Crippen LogP) is 1.52. The summed E-state index contributed by atoms with van der Waals surface area (Å²) >= 11 is 0. The average molecular weight is 168 g/mol. The fourth-order valence-electron chi connectivity index (χ4n) is 1.34. The van der Waals surface area contributed by atoms with Gasteiger partial charge in [-0.3, -0.25) is 4.99 Å². The highest BCUT2D eigenvalue weighted by atomic mass is 16.5. The second kappa shape index (κ2) is 3.72. The van der Waals surface area contributed by atoms with Gasteiger partial charge in [0.05, 0.1) is 6.21 Å². The molecule has 0 aliphatic carbocycles. The lowest BCUT2D eigenvalue weighted by atomic mass is 10.0. The third-order valence-corrected chi connectivity index (χ3v) is 1.85. The van der Waals surface area contributed by atoms with Crippen LogP contribution in [0.15, 0.2) is 17.4 Å². The Bertz CT molecular complexity index is 199. The standard InChI is InChI=1S/C9H16N2O/c1-8(2)6-9(12-3)7-10-4-5-11-9/h4-5,7-8,11H,6H2,1-3H3. The van der Waals surface area contributed by atoms with Crippen LogP contribution in [0.3, 0.4) is 0 Å². The van der Waals surface area contributed by atoms with Crippen molar-refractivity contribution in [1.29, 1.82) is 0 Å². The van der Waals surface area contributed by atoms with Crippen LogP contribution < -0.4 is 5.32 Å². The topological polar surface area (TPSA) is 33.6 Å². The first-order valence-electron chi connectivity index (χ1n) is 4.21. The van der Waals surface area contributed by atoms with E-state index >= 15 is 0 Å². The highest BCUT2D eigenvalue weighted by Crippen LogP contribution is 2.17. The molecule has 0 bridgehead atoms. The van der Waals surface area contributed by atoms with Gasteiger partial charge in [0.15, 0.2) is 5.72 Å². The molecule has 1 heterocycles. The summed E-state index contributed by atoms with van der Waals surface area (Å²) in [7, 11) is 1.70. The minimum Gasteiger partial charge on any atom is -0.358 e. The van der Waals surface area contributed by atoms with Crippen molar-refractivity contribution in [3.63, 3.8) is 0 Å². The van der Waals surface area contributed by atoms with E-state index in [1.807, 2.05) is 12.4 Å². The molecular formula is C9H16N2O. The van der Waals surface area contributed by atoms with Crippen molar-refractivity contribution >= 4 is 6.21 Å². The van der Waals surface area contributed by atoms with Crippen LogP contribution in [-0.2, 0) is 4.74 Å². The lowest BCUT2D eigenvalue weighted by molar-refractivity contribution is 0.0182. The van der Waals surface area contributed by atoms with Gasteiger partial charge < -0.3 is 10.1 Å². The molecule has 1 aliphatic heterocycles. The first-order chi connectivity index (χ1) is 5.68. The monoisotopic (exact) mass is 168 g/mol. The summed E-state index contributed by atoms with van der Waals surface area (Å²) in [5.41, 5.74) is -0.386. The number of nitrogens with one attached hydrogen (secondary N) is 1. The molecule has 1 rings (SSSR count). The van der Waals surface area contributed by atoms with E-state index in [2.05, 4.69) is 24.2 Å². The Hall–Kier alpha value is -0.830. The molecule has 3 nitrogen and oxygen atoms in total. The summed E-state index contributed by atoms with van der Waals surface area (Å²) in [5.74, 6) is 0.579. The molecule has 0 spiro atoms. The lowest BCUT2D eigenvalue weighted by Gasteiger charge is -2.31. The number of ether oxygens (including phenoxy) is 1. The van der Waals surface area contributed by atoms with Crippen LogP contribution in [0.2, 0.25) is 0 Å². The molecule has 1 N–H and O–H groups in total. The molecule has 1 unspecified atom stereocenters. The normalized spacial score (nSPS) is 27.7. The van der Waals surface area contributed by atoms with Gasteiger partial charge in [-0.15, -0.1) is 0 Å². The van der Waals surface area contributed by atoms with Gasteiger partial charge in [0.1, 0.15) is 0 Å². The highest BCUT2D eigenvalue weighted by molar-refractivity contribution is 5.70. The maximum Gasteiger partial charge on any atom is 0.174 e. The quantitative estimate of drug-likeness (QED) is 0.693. The van der Waals surface area contributed by atoms with Crippen LogP contribution in [0.4, 0.5) is 0 Å². The fraction of sp³-hybridized carbons (Fsp3) is 0.667. The molecule has 0 amide bonds.